The van der Waals surface area contributed by atoms with E-state index in [2.05, 4.69) is 42.7 Å². The van der Waals surface area contributed by atoms with Gasteiger partial charge in [0.2, 0.25) is 0 Å². The van der Waals surface area contributed by atoms with Gasteiger partial charge in [-0.2, -0.15) is 0 Å². The molecule has 0 saturated heterocycles. The van der Waals surface area contributed by atoms with Gasteiger partial charge >= 0.3 is 5.97 Å². The molecule has 0 unspecified atom stereocenters. The minimum absolute atomic E-state index is 0.377. The zero-order valence-electron chi connectivity index (χ0n) is 15.6. The number of carbonyl (C=O) groups is 1. The number of methoxy groups -OCH3 is 1. The summed E-state index contributed by atoms with van der Waals surface area (Å²) in [6, 6.07) is 4.32. The molecule has 2 aliphatic heterocycles. The Labute approximate surface area is 171 Å². The first-order valence-corrected chi connectivity index (χ1v) is 11.0. The zero-order chi connectivity index (χ0) is 19.1. The van der Waals surface area contributed by atoms with Crippen LogP contribution < -0.4 is 9.80 Å². The van der Waals surface area contributed by atoms with Crippen LogP contribution in [0.15, 0.2) is 29.2 Å². The van der Waals surface area contributed by atoms with Gasteiger partial charge in [-0.1, -0.05) is 0 Å². The second-order valence-corrected chi connectivity index (χ2v) is 8.97. The molecule has 0 amide bonds. The van der Waals surface area contributed by atoms with E-state index in [1.165, 1.54) is 28.0 Å². The number of fused-ring (bicyclic) bond motifs is 2. The molecule has 6 nitrogen and oxygen atoms in total. The maximum absolute atomic E-state index is 12.8. The van der Waals surface area contributed by atoms with Crippen molar-refractivity contribution >= 4 is 40.3 Å². The fraction of sp³-hybridized carbons (Fsp3) is 0.350. The first-order valence-electron chi connectivity index (χ1n) is 9.28. The van der Waals surface area contributed by atoms with Crippen LogP contribution in [-0.4, -0.2) is 36.1 Å². The first-order chi connectivity index (χ1) is 13.7. The Bertz CT molecular complexity index is 958. The smallest absolute Gasteiger partial charge is 0.345 e. The number of esters is 1. The van der Waals surface area contributed by atoms with Crippen molar-refractivity contribution in [2.24, 2.45) is 0 Å². The molecule has 0 spiro atoms. The van der Waals surface area contributed by atoms with Gasteiger partial charge in [0.15, 0.2) is 0 Å². The third-order valence-electron chi connectivity index (χ3n) is 5.41. The SMILES string of the molecule is COC(=O)c1c(N2CCc3sccc3C2)ncnc1N1CCc2sccc2C1. The molecule has 0 radical (unpaired) electrons. The lowest BCUT2D eigenvalue weighted by Gasteiger charge is -2.32. The van der Waals surface area contributed by atoms with Gasteiger partial charge < -0.3 is 14.5 Å². The molecule has 8 heteroatoms. The molecule has 0 aliphatic carbocycles. The van der Waals surface area contributed by atoms with Gasteiger partial charge in [0.25, 0.3) is 0 Å². The summed E-state index contributed by atoms with van der Waals surface area (Å²) in [5.41, 5.74) is 3.10. The lowest BCUT2D eigenvalue weighted by atomic mass is 10.1. The normalized spacial score (nSPS) is 15.9. The quantitative estimate of drug-likeness (QED) is 0.614. The number of thiophene rings is 2. The molecule has 5 heterocycles. The van der Waals surface area contributed by atoms with Crippen molar-refractivity contribution in [1.82, 2.24) is 9.97 Å². The third-order valence-corrected chi connectivity index (χ3v) is 7.46. The van der Waals surface area contributed by atoms with Gasteiger partial charge in [0.1, 0.15) is 23.5 Å². The summed E-state index contributed by atoms with van der Waals surface area (Å²) in [5.74, 6) is 0.965. The van der Waals surface area contributed by atoms with Crippen LogP contribution >= 0.6 is 22.7 Å². The van der Waals surface area contributed by atoms with E-state index < -0.39 is 0 Å². The van der Waals surface area contributed by atoms with Crippen LogP contribution in [0.2, 0.25) is 0 Å². The van der Waals surface area contributed by atoms with Crippen molar-refractivity contribution in [3.8, 4) is 0 Å². The number of nitrogens with zero attached hydrogens (tertiary/aromatic N) is 4. The van der Waals surface area contributed by atoms with E-state index >= 15 is 0 Å². The zero-order valence-corrected chi connectivity index (χ0v) is 17.2. The molecule has 28 heavy (non-hydrogen) atoms. The summed E-state index contributed by atoms with van der Waals surface area (Å²) in [6.45, 7) is 3.19. The van der Waals surface area contributed by atoms with Crippen LogP contribution in [0.25, 0.3) is 0 Å². The predicted octanol–water partition coefficient (Wildman–Crippen LogP) is 3.51. The lowest BCUT2D eigenvalue weighted by Crippen LogP contribution is -2.35. The Hall–Kier alpha value is -2.45. The Morgan fingerprint density at radius 1 is 0.964 bits per heavy atom. The average molecular weight is 413 g/mol. The number of anilines is 2. The second kappa shape index (κ2) is 7.18. The van der Waals surface area contributed by atoms with Crippen molar-refractivity contribution in [1.29, 1.82) is 0 Å². The van der Waals surface area contributed by atoms with E-state index in [1.54, 1.807) is 29.0 Å². The number of hydrogen-bond acceptors (Lipinski definition) is 8. The lowest BCUT2D eigenvalue weighted by molar-refractivity contribution is 0.0601. The van der Waals surface area contributed by atoms with Gasteiger partial charge in [0.05, 0.1) is 7.11 Å². The van der Waals surface area contributed by atoms with E-state index in [0.29, 0.717) is 17.2 Å². The molecule has 3 aromatic heterocycles. The van der Waals surface area contributed by atoms with Crippen molar-refractivity contribution in [3.63, 3.8) is 0 Å². The van der Waals surface area contributed by atoms with Crippen LogP contribution in [0.3, 0.4) is 0 Å². The van der Waals surface area contributed by atoms with E-state index in [-0.39, 0.29) is 5.97 Å². The molecular formula is C20H20N4O2S2. The van der Waals surface area contributed by atoms with Crippen LogP contribution in [0.4, 0.5) is 11.6 Å². The maximum atomic E-state index is 12.8. The first kappa shape index (κ1) is 17.6. The Balaban J connectivity index is 1.54. The van der Waals surface area contributed by atoms with Gasteiger partial charge in [-0.25, -0.2) is 14.8 Å². The standard InChI is InChI=1S/C20H20N4O2S2/c1-26-20(25)17-18(23-6-2-15-13(10-23)4-8-27-15)21-12-22-19(17)24-7-3-16-14(11-24)5-9-28-16/h4-5,8-9,12H,2-3,6-7,10-11H2,1H3. The van der Waals surface area contributed by atoms with Gasteiger partial charge in [-0.15, -0.1) is 22.7 Å². The van der Waals surface area contributed by atoms with Crippen LogP contribution in [-0.2, 0) is 30.7 Å². The molecule has 2 aliphatic rings. The Morgan fingerprint density at radius 3 is 2.00 bits per heavy atom. The number of rotatable bonds is 3. The predicted molar refractivity (Wildman–Crippen MR) is 112 cm³/mol. The number of hydrogen-bond donors (Lipinski definition) is 0. The van der Waals surface area contributed by atoms with E-state index in [9.17, 15) is 4.79 Å². The van der Waals surface area contributed by atoms with E-state index in [4.69, 9.17) is 4.74 Å². The minimum Gasteiger partial charge on any atom is -0.465 e. The monoisotopic (exact) mass is 412 g/mol. The number of carbonyl (C=O) groups excluding carboxylic acids is 1. The van der Waals surface area contributed by atoms with Gasteiger partial charge in [-0.3, -0.25) is 0 Å². The highest BCUT2D eigenvalue weighted by Gasteiger charge is 2.30. The number of ether oxygens (including phenoxy) is 1. The molecule has 0 aromatic carbocycles. The highest BCUT2D eigenvalue weighted by molar-refractivity contribution is 7.10. The van der Waals surface area contributed by atoms with Crippen LogP contribution in [0.5, 0.6) is 0 Å². The molecule has 144 valence electrons. The largest absolute Gasteiger partial charge is 0.465 e. The molecule has 0 bridgehead atoms. The summed E-state index contributed by atoms with van der Waals surface area (Å²) < 4.78 is 5.14. The van der Waals surface area contributed by atoms with Crippen molar-refractivity contribution < 1.29 is 9.53 Å². The molecule has 0 saturated carbocycles. The molecule has 0 N–H and O–H groups in total. The molecular weight excluding hydrogens is 392 g/mol. The van der Waals surface area contributed by atoms with E-state index in [0.717, 1.165) is 39.0 Å². The van der Waals surface area contributed by atoms with Gasteiger partial charge in [0, 0.05) is 35.9 Å². The topological polar surface area (TPSA) is 58.6 Å². The summed E-state index contributed by atoms with van der Waals surface area (Å²) in [7, 11) is 1.42. The fourth-order valence-electron chi connectivity index (χ4n) is 3.99. The highest BCUT2D eigenvalue weighted by Crippen LogP contribution is 2.34. The van der Waals surface area contributed by atoms with Crippen LogP contribution in [0, 0.1) is 0 Å². The Morgan fingerprint density at radius 2 is 1.50 bits per heavy atom. The number of aromatic nitrogens is 2. The van der Waals surface area contributed by atoms with Crippen molar-refractivity contribution in [2.45, 2.75) is 25.9 Å². The molecule has 0 fully saturated rings. The van der Waals surface area contributed by atoms with Crippen molar-refractivity contribution in [3.05, 3.63) is 55.7 Å². The van der Waals surface area contributed by atoms with Crippen LogP contribution in [0.1, 0.15) is 31.2 Å². The minimum atomic E-state index is -0.377. The molecule has 0 atom stereocenters. The summed E-state index contributed by atoms with van der Waals surface area (Å²) >= 11 is 3.60. The highest BCUT2D eigenvalue weighted by atomic mass is 32.1. The molecule has 3 aromatic rings. The fourth-order valence-corrected chi connectivity index (χ4v) is 5.77. The molecule has 5 rings (SSSR count). The average Bonchev–Trinajstić information content (AvgIpc) is 3.40. The second-order valence-electron chi connectivity index (χ2n) is 6.97. The summed E-state index contributed by atoms with van der Waals surface area (Å²) in [6.07, 6.45) is 3.51. The van der Waals surface area contributed by atoms with Crippen molar-refractivity contribution in [2.75, 3.05) is 30.0 Å². The van der Waals surface area contributed by atoms with Gasteiger partial charge in [-0.05, 0) is 46.9 Å². The Kier molecular flexibility index (Phi) is 4.52. The summed E-state index contributed by atoms with van der Waals surface area (Å²) in [4.78, 5) is 29.0. The summed E-state index contributed by atoms with van der Waals surface area (Å²) in [5, 5.41) is 4.26. The van der Waals surface area contributed by atoms with E-state index in [1.807, 2.05) is 0 Å². The third kappa shape index (κ3) is 2.97. The maximum Gasteiger partial charge on any atom is 0.345 e.